The number of ether oxygens (including phenoxy) is 2. The number of rotatable bonds is 5. The topological polar surface area (TPSA) is 60.8 Å². The second-order valence-corrected chi connectivity index (χ2v) is 8.74. The lowest BCUT2D eigenvalue weighted by atomic mass is 10.0. The van der Waals surface area contributed by atoms with Gasteiger partial charge < -0.3 is 18.9 Å². The molecule has 0 spiro atoms. The van der Waals surface area contributed by atoms with Gasteiger partial charge in [0.15, 0.2) is 0 Å². The molecule has 0 bridgehead atoms. The normalized spacial score (nSPS) is 19.9. The van der Waals surface area contributed by atoms with Gasteiger partial charge in [0, 0.05) is 23.7 Å². The number of carbonyl (C=O) groups is 2. The Hall–Kier alpha value is -3.33. The molecule has 186 valence electrons. The highest BCUT2D eigenvalue weighted by Gasteiger charge is 2.39. The summed E-state index contributed by atoms with van der Waals surface area (Å²) in [7, 11) is 1.24. The molecule has 6 nitrogen and oxygen atoms in total. The minimum atomic E-state index is -4.53. The SMILES string of the molecule is COC(=O)C1=C(C)N(C[C@@H]2CCCO2)C(=O)/C1=C/c1cc(C)n(-c2ccccc2C(F)(F)F)c1C. The molecule has 2 aliphatic rings. The van der Waals surface area contributed by atoms with Crippen LogP contribution in [0.25, 0.3) is 11.8 Å². The van der Waals surface area contributed by atoms with Gasteiger partial charge in [-0.2, -0.15) is 13.2 Å². The zero-order valence-corrected chi connectivity index (χ0v) is 20.0. The van der Waals surface area contributed by atoms with Crippen molar-refractivity contribution >= 4 is 18.0 Å². The molecule has 1 saturated heterocycles. The van der Waals surface area contributed by atoms with Crippen molar-refractivity contribution in [1.82, 2.24) is 9.47 Å². The molecule has 1 atom stereocenters. The lowest BCUT2D eigenvalue weighted by Gasteiger charge is -2.21. The molecule has 0 saturated carbocycles. The Bertz CT molecular complexity index is 1230. The van der Waals surface area contributed by atoms with Crippen LogP contribution < -0.4 is 0 Å². The average Bonchev–Trinajstić information content (AvgIpc) is 3.48. The summed E-state index contributed by atoms with van der Waals surface area (Å²) in [6.45, 7) is 6.02. The molecule has 4 rings (SSSR count). The first-order chi connectivity index (χ1) is 16.5. The minimum absolute atomic E-state index is 0.00248. The van der Waals surface area contributed by atoms with Crippen LogP contribution in [0.2, 0.25) is 0 Å². The van der Waals surface area contributed by atoms with E-state index in [1.54, 1.807) is 39.0 Å². The van der Waals surface area contributed by atoms with Gasteiger partial charge in [0.05, 0.1) is 42.2 Å². The van der Waals surface area contributed by atoms with Crippen molar-refractivity contribution < 1.29 is 32.2 Å². The van der Waals surface area contributed by atoms with Crippen molar-refractivity contribution in [1.29, 1.82) is 0 Å². The third-order valence-electron chi connectivity index (χ3n) is 6.53. The fourth-order valence-electron chi connectivity index (χ4n) is 4.81. The second kappa shape index (κ2) is 9.37. The Morgan fingerprint density at radius 2 is 1.94 bits per heavy atom. The largest absolute Gasteiger partial charge is 0.465 e. The highest BCUT2D eigenvalue weighted by Crippen LogP contribution is 2.37. The van der Waals surface area contributed by atoms with Crippen LogP contribution in [-0.4, -0.2) is 47.7 Å². The number of benzene rings is 1. The van der Waals surface area contributed by atoms with E-state index in [0.29, 0.717) is 35.8 Å². The molecular formula is C26H27F3N2O4. The molecule has 2 aromatic rings. The van der Waals surface area contributed by atoms with Gasteiger partial charge in [-0.15, -0.1) is 0 Å². The van der Waals surface area contributed by atoms with E-state index in [9.17, 15) is 22.8 Å². The molecule has 9 heteroatoms. The van der Waals surface area contributed by atoms with Crippen LogP contribution in [0.4, 0.5) is 13.2 Å². The molecule has 1 fully saturated rings. The number of nitrogens with zero attached hydrogens (tertiary/aromatic N) is 2. The van der Waals surface area contributed by atoms with Gasteiger partial charge in [-0.3, -0.25) is 4.79 Å². The Balaban J connectivity index is 1.79. The number of methoxy groups -OCH3 is 1. The van der Waals surface area contributed by atoms with Crippen LogP contribution in [0.3, 0.4) is 0 Å². The zero-order valence-electron chi connectivity index (χ0n) is 20.0. The Kier molecular flexibility index (Phi) is 6.64. The van der Waals surface area contributed by atoms with Crippen molar-refractivity contribution in [2.75, 3.05) is 20.3 Å². The average molecular weight is 489 g/mol. The number of hydrogen-bond donors (Lipinski definition) is 0. The van der Waals surface area contributed by atoms with Crippen molar-refractivity contribution in [2.45, 2.75) is 45.9 Å². The number of para-hydroxylation sites is 1. The fourth-order valence-corrected chi connectivity index (χ4v) is 4.81. The lowest BCUT2D eigenvalue weighted by molar-refractivity contribution is -0.137. The number of allylic oxidation sites excluding steroid dienone is 1. The second-order valence-electron chi connectivity index (χ2n) is 8.74. The van der Waals surface area contributed by atoms with Crippen molar-refractivity contribution in [3.05, 3.63) is 69.7 Å². The number of alkyl halides is 3. The Morgan fingerprint density at radius 1 is 1.23 bits per heavy atom. The lowest BCUT2D eigenvalue weighted by Crippen LogP contribution is -2.33. The fraction of sp³-hybridized carbons (Fsp3) is 0.385. The van der Waals surface area contributed by atoms with E-state index in [0.717, 1.165) is 18.9 Å². The molecule has 0 unspecified atom stereocenters. The molecule has 3 heterocycles. The first-order valence-electron chi connectivity index (χ1n) is 11.3. The highest BCUT2D eigenvalue weighted by atomic mass is 19.4. The van der Waals surface area contributed by atoms with Crippen molar-refractivity contribution in [3.8, 4) is 5.69 Å². The number of aryl methyl sites for hydroxylation is 1. The van der Waals surface area contributed by atoms with Crippen LogP contribution in [-0.2, 0) is 25.2 Å². The standard InChI is InChI=1S/C26H27F3N2O4/c1-15-12-18(16(2)31(15)22-10-6-5-9-21(22)26(27,28)29)13-20-23(25(33)34-4)17(3)30(24(20)32)14-19-8-7-11-35-19/h5-6,9-10,12-13,19H,7-8,11,14H2,1-4H3/b20-13+/t19-/m0/s1. The predicted molar refractivity (Wildman–Crippen MR) is 124 cm³/mol. The van der Waals surface area contributed by atoms with E-state index >= 15 is 0 Å². The number of aromatic nitrogens is 1. The van der Waals surface area contributed by atoms with E-state index in [-0.39, 0.29) is 28.8 Å². The summed E-state index contributed by atoms with van der Waals surface area (Å²) in [4.78, 5) is 27.5. The molecular weight excluding hydrogens is 461 g/mol. The molecule has 0 N–H and O–H groups in total. The summed E-state index contributed by atoms with van der Waals surface area (Å²) >= 11 is 0. The zero-order chi connectivity index (χ0) is 25.5. The Morgan fingerprint density at radius 3 is 2.57 bits per heavy atom. The van der Waals surface area contributed by atoms with Gasteiger partial charge in [-0.25, -0.2) is 4.79 Å². The molecule has 35 heavy (non-hydrogen) atoms. The number of halogens is 3. The summed E-state index contributed by atoms with van der Waals surface area (Å²) in [5.41, 5.74) is 1.62. The summed E-state index contributed by atoms with van der Waals surface area (Å²) in [5, 5.41) is 0. The minimum Gasteiger partial charge on any atom is -0.465 e. The maximum atomic E-state index is 13.7. The van der Waals surface area contributed by atoms with Crippen molar-refractivity contribution in [3.63, 3.8) is 0 Å². The monoisotopic (exact) mass is 488 g/mol. The quantitative estimate of drug-likeness (QED) is 0.441. The van der Waals surface area contributed by atoms with Gasteiger partial charge in [-0.1, -0.05) is 12.1 Å². The predicted octanol–water partition coefficient (Wildman–Crippen LogP) is 4.96. The Labute approximate surface area is 201 Å². The van der Waals surface area contributed by atoms with E-state index < -0.39 is 17.7 Å². The van der Waals surface area contributed by atoms with Crippen LogP contribution >= 0.6 is 0 Å². The first-order valence-corrected chi connectivity index (χ1v) is 11.3. The van der Waals surface area contributed by atoms with Gasteiger partial charge in [0.25, 0.3) is 5.91 Å². The number of esters is 1. The van der Waals surface area contributed by atoms with Gasteiger partial charge >= 0.3 is 12.1 Å². The molecule has 0 radical (unpaired) electrons. The van der Waals surface area contributed by atoms with Gasteiger partial charge in [0.2, 0.25) is 0 Å². The highest BCUT2D eigenvalue weighted by molar-refractivity contribution is 6.16. The summed E-state index contributed by atoms with van der Waals surface area (Å²) in [6, 6.07) is 7.05. The van der Waals surface area contributed by atoms with Crippen molar-refractivity contribution in [2.24, 2.45) is 0 Å². The molecule has 1 amide bonds. The van der Waals surface area contributed by atoms with Crippen LogP contribution in [0.1, 0.15) is 42.3 Å². The first kappa shape index (κ1) is 24.8. The van der Waals surface area contributed by atoms with Gasteiger partial charge in [0.1, 0.15) is 0 Å². The van der Waals surface area contributed by atoms with E-state index in [1.165, 1.54) is 28.7 Å². The summed E-state index contributed by atoms with van der Waals surface area (Å²) in [6.07, 6.45) is -1.35. The maximum Gasteiger partial charge on any atom is 0.418 e. The number of carbonyl (C=O) groups excluding carboxylic acids is 2. The van der Waals surface area contributed by atoms with Crippen LogP contribution in [0, 0.1) is 13.8 Å². The molecule has 1 aromatic heterocycles. The van der Waals surface area contributed by atoms with E-state index in [2.05, 4.69) is 0 Å². The summed E-state index contributed by atoms with van der Waals surface area (Å²) < 4.78 is 53.1. The third kappa shape index (κ3) is 4.52. The molecule has 0 aliphatic carbocycles. The smallest absolute Gasteiger partial charge is 0.418 e. The summed E-state index contributed by atoms with van der Waals surface area (Å²) in [5.74, 6) is -1.01. The van der Waals surface area contributed by atoms with E-state index in [1.807, 2.05) is 0 Å². The van der Waals surface area contributed by atoms with Crippen LogP contribution in [0.5, 0.6) is 0 Å². The van der Waals surface area contributed by atoms with Crippen LogP contribution in [0.15, 0.2) is 47.2 Å². The number of hydrogen-bond acceptors (Lipinski definition) is 4. The molecule has 2 aliphatic heterocycles. The van der Waals surface area contributed by atoms with Gasteiger partial charge in [-0.05, 0) is 63.5 Å². The third-order valence-corrected chi connectivity index (χ3v) is 6.53. The molecule has 1 aromatic carbocycles. The van der Waals surface area contributed by atoms with E-state index in [4.69, 9.17) is 9.47 Å². The maximum absolute atomic E-state index is 13.7. The number of amides is 1.